The molecule has 4 nitrogen and oxygen atoms in total. The molecule has 0 amide bonds. The summed E-state index contributed by atoms with van der Waals surface area (Å²) in [5.41, 5.74) is 0. The van der Waals surface area contributed by atoms with E-state index >= 15 is 0 Å². The Morgan fingerprint density at radius 1 is 0.704 bits per heavy atom. The first kappa shape index (κ1) is 25.1. The number of unbranched alkanes of at least 4 members (excludes halogenated alkanes) is 2. The molecule has 0 aromatic rings. The maximum atomic E-state index is 11.9. The zero-order valence-corrected chi connectivity index (χ0v) is 17.6. The summed E-state index contributed by atoms with van der Waals surface area (Å²) in [7, 11) is 0. The van der Waals surface area contributed by atoms with Gasteiger partial charge in [-0.05, 0) is 32.1 Å². The number of carbonyl (C=O) groups is 2. The molecule has 152 valence electrons. The molecule has 27 heavy (non-hydrogen) atoms. The molecule has 2 unspecified atom stereocenters. The molecule has 0 rings (SSSR count). The van der Waals surface area contributed by atoms with E-state index in [0.717, 1.165) is 38.5 Å². The van der Waals surface area contributed by atoms with E-state index in [2.05, 4.69) is 37.5 Å². The van der Waals surface area contributed by atoms with Gasteiger partial charge in [0.25, 0.3) is 0 Å². The highest BCUT2D eigenvalue weighted by Crippen LogP contribution is 2.09. The van der Waals surface area contributed by atoms with E-state index in [-0.39, 0.29) is 37.0 Å². The highest BCUT2D eigenvalue weighted by molar-refractivity contribution is 5.72. The lowest BCUT2D eigenvalue weighted by atomic mass is 10.2. The quantitative estimate of drug-likeness (QED) is 0.347. The van der Waals surface area contributed by atoms with Crippen LogP contribution in [0.15, 0.2) is 0 Å². The molecular formula is C23H36O4. The standard InChI is InChI=1S/C23H36O4/c1-5-9-11-13-16-20(7-3)26-22(24)18-15-19-23(25)27-21(8-4)17-14-12-10-6-2/h20-21H,5-10,15-19H2,1-4H3. The normalized spacial score (nSPS) is 12.0. The van der Waals surface area contributed by atoms with Crippen molar-refractivity contribution in [2.75, 3.05) is 0 Å². The third kappa shape index (κ3) is 14.9. The van der Waals surface area contributed by atoms with Crippen LogP contribution < -0.4 is 0 Å². The Bertz CT molecular complexity index is 482. The van der Waals surface area contributed by atoms with Crippen LogP contribution in [0.4, 0.5) is 0 Å². The van der Waals surface area contributed by atoms with Crippen molar-refractivity contribution in [3.63, 3.8) is 0 Å². The maximum Gasteiger partial charge on any atom is 0.306 e. The van der Waals surface area contributed by atoms with E-state index in [1.165, 1.54) is 0 Å². The Labute approximate surface area is 165 Å². The van der Waals surface area contributed by atoms with Crippen molar-refractivity contribution in [2.24, 2.45) is 0 Å². The van der Waals surface area contributed by atoms with Gasteiger partial charge >= 0.3 is 11.9 Å². The van der Waals surface area contributed by atoms with E-state index in [9.17, 15) is 9.59 Å². The van der Waals surface area contributed by atoms with Crippen molar-refractivity contribution in [1.29, 1.82) is 0 Å². The number of esters is 2. The molecule has 0 fully saturated rings. The summed E-state index contributed by atoms with van der Waals surface area (Å²) in [6.45, 7) is 8.12. The van der Waals surface area contributed by atoms with Gasteiger partial charge < -0.3 is 9.47 Å². The van der Waals surface area contributed by atoms with Crippen LogP contribution in [-0.4, -0.2) is 24.1 Å². The molecule has 0 heterocycles. The molecule has 4 heteroatoms. The van der Waals surface area contributed by atoms with E-state index in [4.69, 9.17) is 9.47 Å². The smallest absolute Gasteiger partial charge is 0.306 e. The van der Waals surface area contributed by atoms with Crippen LogP contribution in [0.3, 0.4) is 0 Å². The minimum Gasteiger partial charge on any atom is -0.461 e. The van der Waals surface area contributed by atoms with Gasteiger partial charge in [-0.3, -0.25) is 9.59 Å². The summed E-state index contributed by atoms with van der Waals surface area (Å²) >= 11 is 0. The first-order chi connectivity index (χ1) is 13.1. The first-order valence-corrected chi connectivity index (χ1v) is 10.4. The molecule has 0 aromatic carbocycles. The molecular weight excluding hydrogens is 340 g/mol. The number of rotatable bonds is 12. The van der Waals surface area contributed by atoms with Crippen LogP contribution in [0, 0.1) is 23.7 Å². The van der Waals surface area contributed by atoms with Gasteiger partial charge in [-0.15, -0.1) is 11.8 Å². The minimum atomic E-state index is -0.274. The zero-order chi connectivity index (χ0) is 20.3. The van der Waals surface area contributed by atoms with Crippen LogP contribution in [0.25, 0.3) is 0 Å². The molecule has 0 aliphatic heterocycles. The molecule has 0 N–H and O–H groups in total. The van der Waals surface area contributed by atoms with Crippen molar-refractivity contribution < 1.29 is 19.1 Å². The second-order valence-electron chi connectivity index (χ2n) is 6.51. The van der Waals surface area contributed by atoms with E-state index in [1.54, 1.807) is 0 Å². The zero-order valence-electron chi connectivity index (χ0n) is 17.6. The van der Waals surface area contributed by atoms with E-state index in [1.807, 2.05) is 13.8 Å². The maximum absolute atomic E-state index is 11.9. The van der Waals surface area contributed by atoms with Gasteiger partial charge in [-0.1, -0.05) is 39.5 Å². The highest BCUT2D eigenvalue weighted by Gasteiger charge is 2.14. The molecule has 0 aliphatic carbocycles. The predicted octanol–water partition coefficient (Wildman–Crippen LogP) is 5.19. The number of ether oxygens (including phenoxy) is 2. The van der Waals surface area contributed by atoms with Crippen LogP contribution >= 0.6 is 0 Å². The average Bonchev–Trinajstić information content (AvgIpc) is 2.66. The number of hydrogen-bond acceptors (Lipinski definition) is 4. The van der Waals surface area contributed by atoms with Gasteiger partial charge in [0.2, 0.25) is 0 Å². The van der Waals surface area contributed by atoms with Gasteiger partial charge in [0.15, 0.2) is 0 Å². The topological polar surface area (TPSA) is 52.6 Å². The van der Waals surface area contributed by atoms with Crippen LogP contribution in [0.2, 0.25) is 0 Å². The summed E-state index contributed by atoms with van der Waals surface area (Å²) in [6.07, 6.45) is 6.98. The molecule has 0 saturated heterocycles. The second-order valence-corrected chi connectivity index (χ2v) is 6.51. The third-order valence-electron chi connectivity index (χ3n) is 3.93. The van der Waals surface area contributed by atoms with E-state index < -0.39 is 0 Å². The number of carbonyl (C=O) groups excluding carboxylic acids is 2. The Balaban J connectivity index is 4.08. The van der Waals surface area contributed by atoms with Gasteiger partial charge in [0, 0.05) is 38.5 Å². The van der Waals surface area contributed by atoms with Gasteiger partial charge in [0.1, 0.15) is 12.2 Å². The van der Waals surface area contributed by atoms with Gasteiger partial charge in [-0.25, -0.2) is 0 Å². The predicted molar refractivity (Wildman–Crippen MR) is 109 cm³/mol. The fourth-order valence-corrected chi connectivity index (χ4v) is 2.20. The lowest BCUT2D eigenvalue weighted by Crippen LogP contribution is -2.19. The van der Waals surface area contributed by atoms with Crippen molar-refractivity contribution in [1.82, 2.24) is 0 Å². The summed E-state index contributed by atoms with van der Waals surface area (Å²) in [4.78, 5) is 23.8. The molecule has 2 atom stereocenters. The number of hydrogen-bond donors (Lipinski definition) is 0. The molecule has 0 saturated carbocycles. The van der Waals surface area contributed by atoms with Crippen molar-refractivity contribution in [3.05, 3.63) is 0 Å². The molecule has 0 aliphatic rings. The molecule has 0 bridgehead atoms. The average molecular weight is 377 g/mol. The Kier molecular flexibility index (Phi) is 16.2. The van der Waals surface area contributed by atoms with Crippen LogP contribution in [0.5, 0.6) is 0 Å². The summed E-state index contributed by atoms with van der Waals surface area (Å²) < 4.78 is 10.9. The lowest BCUT2D eigenvalue weighted by Gasteiger charge is -2.14. The second kappa shape index (κ2) is 17.5. The lowest BCUT2D eigenvalue weighted by molar-refractivity contribution is -0.150. The third-order valence-corrected chi connectivity index (χ3v) is 3.93. The minimum absolute atomic E-state index is 0.167. The summed E-state index contributed by atoms with van der Waals surface area (Å²) in [5.74, 6) is 11.7. The molecule has 0 radical (unpaired) electrons. The molecule has 0 spiro atoms. The monoisotopic (exact) mass is 376 g/mol. The van der Waals surface area contributed by atoms with Crippen molar-refractivity contribution >= 4 is 11.9 Å². The van der Waals surface area contributed by atoms with Gasteiger partial charge in [0.05, 0.1) is 0 Å². The highest BCUT2D eigenvalue weighted by atomic mass is 16.5. The van der Waals surface area contributed by atoms with Gasteiger partial charge in [-0.2, -0.15) is 0 Å². The first-order valence-electron chi connectivity index (χ1n) is 10.4. The Morgan fingerprint density at radius 2 is 1.11 bits per heavy atom. The van der Waals surface area contributed by atoms with Crippen molar-refractivity contribution in [2.45, 2.75) is 111 Å². The Hall–Kier alpha value is -1.94. The van der Waals surface area contributed by atoms with Crippen LogP contribution in [0.1, 0.15) is 98.3 Å². The van der Waals surface area contributed by atoms with Crippen LogP contribution in [-0.2, 0) is 19.1 Å². The molecule has 0 aromatic heterocycles. The fraction of sp³-hybridized carbons (Fsp3) is 0.739. The summed E-state index contributed by atoms with van der Waals surface area (Å²) in [6, 6.07) is 0. The SMILES string of the molecule is CCCC#CCC(CC)OC(=O)CCCC(=O)OC(CC)CC#CCCC. The van der Waals surface area contributed by atoms with E-state index in [0.29, 0.717) is 19.3 Å². The Morgan fingerprint density at radius 3 is 1.44 bits per heavy atom. The summed E-state index contributed by atoms with van der Waals surface area (Å²) in [5, 5.41) is 0. The largest absolute Gasteiger partial charge is 0.461 e. The fourth-order valence-electron chi connectivity index (χ4n) is 2.20. The van der Waals surface area contributed by atoms with Crippen molar-refractivity contribution in [3.8, 4) is 23.7 Å².